The minimum absolute atomic E-state index is 0.0220. The first kappa shape index (κ1) is 19.1. The van der Waals surface area contributed by atoms with Crippen LogP contribution in [0, 0.1) is 10.1 Å². The fourth-order valence-corrected chi connectivity index (χ4v) is 3.43. The third-order valence-electron chi connectivity index (χ3n) is 3.67. The molecule has 3 rings (SSSR count). The van der Waals surface area contributed by atoms with E-state index in [1.165, 1.54) is 44.6 Å². The summed E-state index contributed by atoms with van der Waals surface area (Å²) in [5.41, 5.74) is -0.0757. The van der Waals surface area contributed by atoms with Crippen molar-refractivity contribution >= 4 is 21.7 Å². The summed E-state index contributed by atoms with van der Waals surface area (Å²) in [6.07, 6.45) is 0. The molecule has 0 saturated heterocycles. The van der Waals surface area contributed by atoms with E-state index in [1.807, 2.05) is 0 Å². The van der Waals surface area contributed by atoms with Crippen LogP contribution >= 0.6 is 0 Å². The molecule has 0 aliphatic rings. The van der Waals surface area contributed by atoms with E-state index < -0.39 is 14.9 Å². The maximum atomic E-state index is 12.5. The topological polar surface area (TPSA) is 138 Å². The van der Waals surface area contributed by atoms with Crippen LogP contribution < -0.4 is 14.3 Å². The van der Waals surface area contributed by atoms with Gasteiger partial charge in [0, 0.05) is 6.07 Å². The summed E-state index contributed by atoms with van der Waals surface area (Å²) in [4.78, 5) is 20.8. The monoisotopic (exact) mass is 405 g/mol. The van der Waals surface area contributed by atoms with Gasteiger partial charge in [-0.2, -0.15) is 4.98 Å². The maximum Gasteiger partial charge on any atom is 0.311 e. The lowest BCUT2D eigenvalue weighted by Gasteiger charge is -2.08. The molecule has 2 aromatic carbocycles. The fraction of sp³-hybridized carbons (Fsp3) is 0.125. The van der Waals surface area contributed by atoms with Gasteiger partial charge >= 0.3 is 5.69 Å². The molecule has 3 aromatic rings. The van der Waals surface area contributed by atoms with Gasteiger partial charge in [0.25, 0.3) is 16.0 Å². The van der Waals surface area contributed by atoms with Crippen LogP contribution in [-0.2, 0) is 10.0 Å². The molecule has 146 valence electrons. The number of nitrogens with zero attached hydrogens (tertiary/aromatic N) is 4. The first-order chi connectivity index (χ1) is 13.4. The van der Waals surface area contributed by atoms with E-state index in [1.54, 1.807) is 18.2 Å². The number of nitro groups is 1. The Bertz CT molecular complexity index is 1110. The molecule has 0 bridgehead atoms. The van der Waals surface area contributed by atoms with Crippen molar-refractivity contribution in [2.45, 2.75) is 4.90 Å². The average molecular weight is 405 g/mol. The summed E-state index contributed by atoms with van der Waals surface area (Å²) in [5, 5.41) is 15.2. The first-order valence-electron chi connectivity index (χ1n) is 7.78. The molecule has 0 radical (unpaired) electrons. The molecule has 12 heteroatoms. The molecule has 0 aliphatic heterocycles. The summed E-state index contributed by atoms with van der Waals surface area (Å²) in [7, 11) is -1.36. The number of sulfonamides is 1. The zero-order valence-electron chi connectivity index (χ0n) is 14.8. The van der Waals surface area contributed by atoms with Crippen LogP contribution in [0.3, 0.4) is 0 Å². The van der Waals surface area contributed by atoms with Crippen LogP contribution in [0.2, 0.25) is 0 Å². The minimum Gasteiger partial charge on any atom is -0.490 e. The van der Waals surface area contributed by atoms with Gasteiger partial charge in [0.1, 0.15) is 7.11 Å². The second-order valence-electron chi connectivity index (χ2n) is 5.35. The van der Waals surface area contributed by atoms with E-state index >= 15 is 0 Å². The number of aromatic nitrogens is 3. The number of hydrogen-bond acceptors (Lipinski definition) is 8. The number of benzene rings is 2. The highest BCUT2D eigenvalue weighted by molar-refractivity contribution is 7.92. The van der Waals surface area contributed by atoms with Crippen LogP contribution in [0.5, 0.6) is 5.75 Å². The third-order valence-corrected chi connectivity index (χ3v) is 5.01. The Morgan fingerprint density at radius 2 is 1.82 bits per heavy atom. The van der Waals surface area contributed by atoms with Crippen molar-refractivity contribution in [3.05, 3.63) is 58.6 Å². The summed E-state index contributed by atoms with van der Waals surface area (Å²) < 4.78 is 32.3. The second-order valence-corrected chi connectivity index (χ2v) is 7.03. The SMILES string of the molecule is COc1c(-c2nc(NS(=O)(=O)c3ccccc3)nn2OC)cccc1[N+](=O)[O-]. The lowest BCUT2D eigenvalue weighted by molar-refractivity contribution is -0.385. The average Bonchev–Trinajstić information content (AvgIpc) is 3.09. The Kier molecular flexibility index (Phi) is 5.13. The normalized spacial score (nSPS) is 11.1. The van der Waals surface area contributed by atoms with Gasteiger partial charge in [-0.25, -0.2) is 13.1 Å². The quantitative estimate of drug-likeness (QED) is 0.463. The molecule has 1 N–H and O–H groups in total. The van der Waals surface area contributed by atoms with Crippen molar-refractivity contribution in [2.75, 3.05) is 18.9 Å². The van der Waals surface area contributed by atoms with E-state index in [4.69, 9.17) is 9.57 Å². The van der Waals surface area contributed by atoms with Gasteiger partial charge in [-0.1, -0.05) is 34.2 Å². The van der Waals surface area contributed by atoms with Crippen LogP contribution in [0.25, 0.3) is 11.4 Å². The standard InChI is InChI=1S/C16H15N5O6S/c1-26-14-12(9-6-10-13(14)21(22)23)15-17-16(18-20(15)27-2)19-28(24,25)11-7-4-3-5-8-11/h3-10H,1-2H3,(H,18,19). The first-order valence-corrected chi connectivity index (χ1v) is 9.27. The summed E-state index contributed by atoms with van der Waals surface area (Å²) in [6, 6.07) is 11.9. The summed E-state index contributed by atoms with van der Waals surface area (Å²) in [6.45, 7) is 0. The van der Waals surface area contributed by atoms with Gasteiger partial charge in [-0.05, 0) is 18.2 Å². The lowest BCUT2D eigenvalue weighted by Crippen LogP contribution is -2.15. The smallest absolute Gasteiger partial charge is 0.311 e. The van der Waals surface area contributed by atoms with Crippen molar-refractivity contribution in [3.63, 3.8) is 0 Å². The molecule has 0 fully saturated rings. The third kappa shape index (κ3) is 3.57. The molecule has 1 heterocycles. The molecule has 1 aromatic heterocycles. The number of ether oxygens (including phenoxy) is 1. The zero-order valence-corrected chi connectivity index (χ0v) is 15.6. The number of anilines is 1. The molecule has 0 spiro atoms. The fourth-order valence-electron chi connectivity index (χ4n) is 2.47. The van der Waals surface area contributed by atoms with Crippen LogP contribution in [-0.4, -0.2) is 42.5 Å². The Morgan fingerprint density at radius 3 is 2.43 bits per heavy atom. The number of nitro benzene ring substituents is 1. The number of methoxy groups -OCH3 is 1. The van der Waals surface area contributed by atoms with E-state index in [2.05, 4.69) is 14.8 Å². The lowest BCUT2D eigenvalue weighted by atomic mass is 10.1. The molecule has 0 amide bonds. The van der Waals surface area contributed by atoms with E-state index in [9.17, 15) is 18.5 Å². The van der Waals surface area contributed by atoms with Crippen molar-refractivity contribution in [1.29, 1.82) is 0 Å². The molecule has 0 saturated carbocycles. The van der Waals surface area contributed by atoms with Crippen LogP contribution in [0.1, 0.15) is 0 Å². The maximum absolute atomic E-state index is 12.5. The number of hydrogen-bond donors (Lipinski definition) is 1. The van der Waals surface area contributed by atoms with Gasteiger partial charge in [0.05, 0.1) is 22.5 Å². The molecule has 0 atom stereocenters. The Hall–Kier alpha value is -3.67. The molecule has 11 nitrogen and oxygen atoms in total. The van der Waals surface area contributed by atoms with Gasteiger partial charge in [-0.15, -0.1) is 0 Å². The molecule has 28 heavy (non-hydrogen) atoms. The number of rotatable bonds is 7. The van der Waals surface area contributed by atoms with Crippen molar-refractivity contribution in [1.82, 2.24) is 14.9 Å². The molecule has 0 unspecified atom stereocenters. The molecular weight excluding hydrogens is 390 g/mol. The van der Waals surface area contributed by atoms with E-state index in [-0.39, 0.29) is 33.7 Å². The second kappa shape index (κ2) is 7.52. The van der Waals surface area contributed by atoms with E-state index in [0.717, 1.165) is 4.85 Å². The highest BCUT2D eigenvalue weighted by Gasteiger charge is 2.25. The van der Waals surface area contributed by atoms with Gasteiger partial charge in [0.15, 0.2) is 0 Å². The summed E-state index contributed by atoms with van der Waals surface area (Å²) in [5.74, 6) is -0.307. The van der Waals surface area contributed by atoms with Gasteiger partial charge < -0.3 is 9.57 Å². The Labute approximate surface area is 159 Å². The number of para-hydroxylation sites is 1. The Morgan fingerprint density at radius 1 is 1.11 bits per heavy atom. The van der Waals surface area contributed by atoms with Gasteiger partial charge in [-0.3, -0.25) is 10.1 Å². The highest BCUT2D eigenvalue weighted by Crippen LogP contribution is 2.37. The van der Waals surface area contributed by atoms with Crippen molar-refractivity contribution < 1.29 is 22.9 Å². The predicted octanol–water partition coefficient (Wildman–Crippen LogP) is 1.72. The van der Waals surface area contributed by atoms with Crippen molar-refractivity contribution in [2.24, 2.45) is 0 Å². The summed E-state index contributed by atoms with van der Waals surface area (Å²) >= 11 is 0. The highest BCUT2D eigenvalue weighted by atomic mass is 32.2. The van der Waals surface area contributed by atoms with Gasteiger partial charge in [0.2, 0.25) is 11.6 Å². The molecular formula is C16H15N5O6S. The van der Waals surface area contributed by atoms with E-state index in [0.29, 0.717) is 0 Å². The Balaban J connectivity index is 2.06. The minimum atomic E-state index is -3.93. The van der Waals surface area contributed by atoms with Crippen molar-refractivity contribution in [3.8, 4) is 17.1 Å². The van der Waals surface area contributed by atoms with Crippen LogP contribution in [0.4, 0.5) is 11.6 Å². The molecule has 0 aliphatic carbocycles. The predicted molar refractivity (Wildman–Crippen MR) is 98.4 cm³/mol. The number of nitrogens with one attached hydrogen (secondary N) is 1. The zero-order chi connectivity index (χ0) is 20.3. The largest absolute Gasteiger partial charge is 0.490 e. The van der Waals surface area contributed by atoms with Crippen LogP contribution in [0.15, 0.2) is 53.4 Å².